The maximum Gasteiger partial charge on any atom is 0.242 e. The number of piperidine rings is 3. The van der Waals surface area contributed by atoms with Crippen LogP contribution in [0.2, 0.25) is 0 Å². The van der Waals surface area contributed by atoms with Gasteiger partial charge in [-0.25, -0.2) is 8.42 Å². The van der Waals surface area contributed by atoms with Crippen LogP contribution in [-0.2, 0) is 19.6 Å². The van der Waals surface area contributed by atoms with E-state index in [0.29, 0.717) is 31.2 Å². The van der Waals surface area contributed by atoms with Crippen molar-refractivity contribution < 1.29 is 18.0 Å². The highest BCUT2D eigenvalue weighted by molar-refractivity contribution is 9.10. The van der Waals surface area contributed by atoms with Crippen LogP contribution in [0, 0.1) is 11.8 Å². The van der Waals surface area contributed by atoms with Crippen molar-refractivity contribution in [3.8, 4) is 0 Å². The first-order chi connectivity index (χ1) is 16.3. The highest BCUT2D eigenvalue weighted by atomic mass is 79.9. The van der Waals surface area contributed by atoms with E-state index in [-0.39, 0.29) is 23.3 Å². The summed E-state index contributed by atoms with van der Waals surface area (Å²) in [5, 5.41) is 5.14. The predicted molar refractivity (Wildman–Crippen MR) is 133 cm³/mol. The Morgan fingerprint density at radius 3 is 2.56 bits per heavy atom. The monoisotopic (exact) mass is 548 g/mol. The van der Waals surface area contributed by atoms with E-state index < -0.39 is 16.1 Å². The molecule has 3 unspecified atom stereocenters. The summed E-state index contributed by atoms with van der Waals surface area (Å²) in [5.74, 6) is 0.563. The van der Waals surface area contributed by atoms with Crippen molar-refractivity contribution in [2.75, 3.05) is 39.3 Å². The largest absolute Gasteiger partial charge is 0.341 e. The lowest BCUT2D eigenvalue weighted by Crippen LogP contribution is -2.57. The van der Waals surface area contributed by atoms with E-state index in [1.54, 1.807) is 18.2 Å². The number of fused-ring (bicyclic) bond motifs is 3. The molecule has 3 aliphatic heterocycles. The lowest BCUT2D eigenvalue weighted by atomic mass is 9.86. The van der Waals surface area contributed by atoms with E-state index in [1.165, 1.54) is 4.90 Å². The zero-order chi connectivity index (χ0) is 23.9. The summed E-state index contributed by atoms with van der Waals surface area (Å²) < 4.78 is 29.7. The van der Waals surface area contributed by atoms with Gasteiger partial charge in [-0.2, -0.15) is 4.72 Å². The van der Waals surface area contributed by atoms with Crippen LogP contribution in [0.15, 0.2) is 45.8 Å². The number of likely N-dealkylation sites (tertiary alicyclic amines) is 2. The first kappa shape index (κ1) is 23.7. The summed E-state index contributed by atoms with van der Waals surface area (Å²) in [7, 11) is -3.89. The molecular formula is C24H29BrN4O4S. The molecule has 182 valence electrons. The third kappa shape index (κ3) is 5.00. The SMILES string of the molecule is O=C(CN1CCCC(NS(=O)(=O)c2ccc3cc(Br)ccc3c2)C1=O)N1CC2CNCC(C2)C1. The van der Waals surface area contributed by atoms with Crippen molar-refractivity contribution in [3.05, 3.63) is 40.9 Å². The Hall–Kier alpha value is -2.01. The number of sulfonamides is 1. The summed E-state index contributed by atoms with van der Waals surface area (Å²) in [6, 6.07) is 9.68. The molecule has 0 aliphatic carbocycles. The zero-order valence-electron chi connectivity index (χ0n) is 18.9. The fourth-order valence-corrected chi connectivity index (χ4v) is 7.03. The molecule has 2 aromatic carbocycles. The van der Waals surface area contributed by atoms with E-state index in [2.05, 4.69) is 26.0 Å². The Kier molecular flexibility index (Phi) is 6.67. The topological polar surface area (TPSA) is 98.8 Å². The molecule has 0 aromatic heterocycles. The molecular weight excluding hydrogens is 520 g/mol. The number of hydrogen-bond donors (Lipinski definition) is 2. The van der Waals surface area contributed by atoms with Crippen LogP contribution in [0.5, 0.6) is 0 Å². The molecule has 0 radical (unpaired) electrons. The second kappa shape index (κ2) is 9.56. The predicted octanol–water partition coefficient (Wildman–Crippen LogP) is 1.94. The standard InChI is InChI=1S/C24H29BrN4O4S/c25-20-5-3-19-10-21(6-4-18(19)9-20)34(32,33)27-22-2-1-7-28(24(22)31)15-23(30)29-13-16-8-17(14-29)12-26-11-16/h3-6,9-10,16-17,22,26-27H,1-2,7-8,11-15H2. The third-order valence-electron chi connectivity index (χ3n) is 7.08. The van der Waals surface area contributed by atoms with Crippen LogP contribution in [0.3, 0.4) is 0 Å². The van der Waals surface area contributed by atoms with Gasteiger partial charge in [-0.3, -0.25) is 9.59 Å². The Morgan fingerprint density at radius 2 is 1.79 bits per heavy atom. The number of halogens is 1. The van der Waals surface area contributed by atoms with Crippen molar-refractivity contribution in [2.24, 2.45) is 11.8 Å². The normalized spacial score (nSPS) is 25.6. The number of nitrogens with zero attached hydrogens (tertiary/aromatic N) is 2. The molecule has 5 rings (SSSR count). The van der Waals surface area contributed by atoms with Crippen LogP contribution in [0.25, 0.3) is 10.8 Å². The molecule has 34 heavy (non-hydrogen) atoms. The lowest BCUT2D eigenvalue weighted by Gasteiger charge is -2.42. The molecule has 0 spiro atoms. The van der Waals surface area contributed by atoms with Crippen LogP contribution < -0.4 is 10.0 Å². The second-order valence-corrected chi connectivity index (χ2v) is 12.3. The third-order valence-corrected chi connectivity index (χ3v) is 9.04. The van der Waals surface area contributed by atoms with Crippen LogP contribution >= 0.6 is 15.9 Å². The molecule has 3 fully saturated rings. The molecule has 2 amide bonds. The van der Waals surface area contributed by atoms with Crippen molar-refractivity contribution >= 4 is 48.5 Å². The maximum absolute atomic E-state index is 13.1. The maximum atomic E-state index is 13.1. The molecule has 2 N–H and O–H groups in total. The van der Waals surface area contributed by atoms with Crippen molar-refractivity contribution in [1.29, 1.82) is 0 Å². The van der Waals surface area contributed by atoms with Gasteiger partial charge in [0, 0.05) is 24.1 Å². The summed E-state index contributed by atoms with van der Waals surface area (Å²) >= 11 is 3.42. The fourth-order valence-electron chi connectivity index (χ4n) is 5.40. The average Bonchev–Trinajstić information content (AvgIpc) is 2.80. The van der Waals surface area contributed by atoms with Gasteiger partial charge in [0.1, 0.15) is 6.04 Å². The van der Waals surface area contributed by atoms with E-state index in [0.717, 1.165) is 47.8 Å². The number of carbonyl (C=O) groups is 2. The number of rotatable bonds is 5. The zero-order valence-corrected chi connectivity index (χ0v) is 21.3. The highest BCUT2D eigenvalue weighted by Gasteiger charge is 2.36. The van der Waals surface area contributed by atoms with Gasteiger partial charge in [0.2, 0.25) is 21.8 Å². The summed E-state index contributed by atoms with van der Waals surface area (Å²) in [6.07, 6.45) is 2.21. The molecule has 0 saturated carbocycles. The van der Waals surface area contributed by atoms with E-state index in [9.17, 15) is 18.0 Å². The van der Waals surface area contributed by atoms with Crippen molar-refractivity contribution in [3.63, 3.8) is 0 Å². The molecule has 3 atom stereocenters. The minimum Gasteiger partial charge on any atom is -0.341 e. The lowest BCUT2D eigenvalue weighted by molar-refractivity contribution is -0.144. The van der Waals surface area contributed by atoms with E-state index >= 15 is 0 Å². The number of benzene rings is 2. The summed E-state index contributed by atoms with van der Waals surface area (Å²) in [6.45, 7) is 3.78. The molecule has 3 aliphatic rings. The molecule has 3 saturated heterocycles. The van der Waals surface area contributed by atoms with Crippen LogP contribution in [-0.4, -0.2) is 75.3 Å². The van der Waals surface area contributed by atoms with Crippen molar-refractivity contribution in [1.82, 2.24) is 19.8 Å². The van der Waals surface area contributed by atoms with Crippen LogP contribution in [0.1, 0.15) is 19.3 Å². The van der Waals surface area contributed by atoms with Gasteiger partial charge in [0.15, 0.2) is 0 Å². The Bertz CT molecular complexity index is 1210. The van der Waals surface area contributed by atoms with Gasteiger partial charge in [0.25, 0.3) is 0 Å². The fraction of sp³-hybridized carbons (Fsp3) is 0.500. The van der Waals surface area contributed by atoms with Gasteiger partial charge >= 0.3 is 0 Å². The Labute approximate surface area is 208 Å². The first-order valence-electron chi connectivity index (χ1n) is 11.8. The van der Waals surface area contributed by atoms with Gasteiger partial charge in [-0.15, -0.1) is 0 Å². The first-order valence-corrected chi connectivity index (χ1v) is 14.0. The minimum atomic E-state index is -3.89. The smallest absolute Gasteiger partial charge is 0.242 e. The number of hydrogen-bond acceptors (Lipinski definition) is 5. The van der Waals surface area contributed by atoms with E-state index in [1.807, 2.05) is 23.1 Å². The number of nitrogens with one attached hydrogen (secondary N) is 2. The Morgan fingerprint density at radius 1 is 1.09 bits per heavy atom. The van der Waals surface area contributed by atoms with Gasteiger partial charge in [0.05, 0.1) is 11.4 Å². The molecule has 2 bridgehead atoms. The summed E-state index contributed by atoms with van der Waals surface area (Å²) in [4.78, 5) is 29.6. The molecule has 3 heterocycles. The van der Waals surface area contributed by atoms with Gasteiger partial charge in [-0.1, -0.05) is 28.1 Å². The highest BCUT2D eigenvalue weighted by Crippen LogP contribution is 2.26. The molecule has 10 heteroatoms. The van der Waals surface area contributed by atoms with Gasteiger partial charge < -0.3 is 15.1 Å². The minimum absolute atomic E-state index is 0.00871. The summed E-state index contributed by atoms with van der Waals surface area (Å²) in [5.41, 5.74) is 0. The number of carbonyl (C=O) groups excluding carboxylic acids is 2. The average molecular weight is 549 g/mol. The quantitative estimate of drug-likeness (QED) is 0.594. The second-order valence-electron chi connectivity index (χ2n) is 9.65. The van der Waals surface area contributed by atoms with Crippen LogP contribution in [0.4, 0.5) is 0 Å². The van der Waals surface area contributed by atoms with Crippen molar-refractivity contribution in [2.45, 2.75) is 30.2 Å². The van der Waals surface area contributed by atoms with Gasteiger partial charge in [-0.05, 0) is 79.2 Å². The van der Waals surface area contributed by atoms with E-state index in [4.69, 9.17) is 0 Å². The molecule has 8 nitrogen and oxygen atoms in total. The molecule has 2 aromatic rings. The Balaban J connectivity index is 1.25. The number of amides is 2.